The number of amides is 2. The predicted octanol–water partition coefficient (Wildman–Crippen LogP) is 1.78. The Labute approximate surface area is 173 Å². The van der Waals surface area contributed by atoms with E-state index >= 15 is 0 Å². The zero-order valence-electron chi connectivity index (χ0n) is 16.6. The first-order valence-corrected chi connectivity index (χ1v) is 9.99. The van der Waals surface area contributed by atoms with E-state index in [1.807, 2.05) is 4.90 Å². The highest BCUT2D eigenvalue weighted by Gasteiger charge is 2.45. The summed E-state index contributed by atoms with van der Waals surface area (Å²) in [5, 5.41) is 2.87. The highest BCUT2D eigenvalue weighted by molar-refractivity contribution is 5.89. The van der Waals surface area contributed by atoms with Gasteiger partial charge in [-0.1, -0.05) is 29.8 Å². The highest BCUT2D eigenvalue weighted by atomic mass is 35.5. The number of nitrogens with two attached hydrogens (primary N) is 1. The van der Waals surface area contributed by atoms with Gasteiger partial charge in [-0.2, -0.15) is 0 Å². The van der Waals surface area contributed by atoms with E-state index in [4.69, 9.17) is 10.5 Å². The standard InChI is InChI=1S/C21H31N3O3.ClH/c1-16-4-6-18(7-5-16)21(8-13-27-14-9-21)20(26)24-12-2-3-17(15-24)19(25)23-11-10-22;/h4-7,17H,2-3,8-15,22H2,1H3,(H,23,25);1H. The smallest absolute Gasteiger partial charge is 0.233 e. The van der Waals surface area contributed by atoms with Crippen LogP contribution >= 0.6 is 12.4 Å². The molecule has 2 amide bonds. The SMILES string of the molecule is Cc1ccc(C2(C(=O)N3CCCC(C(=O)NCCN)C3)CCOCC2)cc1.Cl. The van der Waals surface area contributed by atoms with Crippen LogP contribution in [-0.4, -0.2) is 56.1 Å². The Kier molecular flexibility index (Phi) is 8.28. The Balaban J connectivity index is 0.00000280. The van der Waals surface area contributed by atoms with Crippen molar-refractivity contribution in [3.8, 4) is 0 Å². The monoisotopic (exact) mass is 409 g/mol. The number of rotatable bonds is 5. The molecule has 7 heteroatoms. The molecule has 3 N–H and O–H groups in total. The highest BCUT2D eigenvalue weighted by Crippen LogP contribution is 2.38. The fraction of sp³-hybridized carbons (Fsp3) is 0.619. The summed E-state index contributed by atoms with van der Waals surface area (Å²) >= 11 is 0. The number of halogens is 1. The summed E-state index contributed by atoms with van der Waals surface area (Å²) in [7, 11) is 0. The lowest BCUT2D eigenvalue weighted by Gasteiger charge is -2.42. The van der Waals surface area contributed by atoms with Crippen molar-refractivity contribution < 1.29 is 14.3 Å². The Morgan fingerprint density at radius 2 is 1.93 bits per heavy atom. The van der Waals surface area contributed by atoms with Crippen LogP contribution in [0.4, 0.5) is 0 Å². The normalized spacial score (nSPS) is 21.5. The quantitative estimate of drug-likeness (QED) is 0.776. The lowest BCUT2D eigenvalue weighted by molar-refractivity contribution is -0.144. The summed E-state index contributed by atoms with van der Waals surface area (Å²) in [6.45, 7) is 5.35. The second-order valence-corrected chi connectivity index (χ2v) is 7.73. The molecule has 0 aliphatic carbocycles. The summed E-state index contributed by atoms with van der Waals surface area (Å²) in [5.74, 6) is 0.00412. The van der Waals surface area contributed by atoms with Crippen molar-refractivity contribution in [1.29, 1.82) is 0 Å². The summed E-state index contributed by atoms with van der Waals surface area (Å²) in [5.41, 5.74) is 7.19. The molecule has 28 heavy (non-hydrogen) atoms. The van der Waals surface area contributed by atoms with Gasteiger partial charge >= 0.3 is 0 Å². The number of piperidine rings is 1. The van der Waals surface area contributed by atoms with Gasteiger partial charge in [-0.25, -0.2) is 0 Å². The molecule has 0 bridgehead atoms. The van der Waals surface area contributed by atoms with Gasteiger partial charge < -0.3 is 20.7 Å². The third-order valence-electron chi connectivity index (χ3n) is 5.88. The molecular formula is C21H32ClN3O3. The minimum absolute atomic E-state index is 0. The van der Waals surface area contributed by atoms with Crippen molar-refractivity contribution in [2.24, 2.45) is 11.7 Å². The lowest BCUT2D eigenvalue weighted by Crippen LogP contribution is -2.54. The molecular weight excluding hydrogens is 378 g/mol. The van der Waals surface area contributed by atoms with Crippen molar-refractivity contribution in [3.05, 3.63) is 35.4 Å². The maximum atomic E-state index is 13.7. The number of aryl methyl sites for hydroxylation is 1. The van der Waals surface area contributed by atoms with Gasteiger partial charge in [-0.15, -0.1) is 12.4 Å². The van der Waals surface area contributed by atoms with Crippen LogP contribution in [0.5, 0.6) is 0 Å². The van der Waals surface area contributed by atoms with Crippen LogP contribution in [0.15, 0.2) is 24.3 Å². The topological polar surface area (TPSA) is 84.7 Å². The van der Waals surface area contributed by atoms with Crippen LogP contribution in [0, 0.1) is 12.8 Å². The van der Waals surface area contributed by atoms with Crippen LogP contribution < -0.4 is 11.1 Å². The van der Waals surface area contributed by atoms with Crippen molar-refractivity contribution in [1.82, 2.24) is 10.2 Å². The number of benzene rings is 1. The number of likely N-dealkylation sites (tertiary alicyclic amines) is 1. The largest absolute Gasteiger partial charge is 0.381 e. The molecule has 2 fully saturated rings. The Hall–Kier alpha value is -1.63. The molecule has 0 spiro atoms. The molecule has 1 unspecified atom stereocenters. The summed E-state index contributed by atoms with van der Waals surface area (Å²) < 4.78 is 5.56. The van der Waals surface area contributed by atoms with Crippen molar-refractivity contribution in [2.45, 2.75) is 38.0 Å². The molecule has 2 saturated heterocycles. The first-order chi connectivity index (χ1) is 13.1. The van der Waals surface area contributed by atoms with Crippen LogP contribution in [0.25, 0.3) is 0 Å². The van der Waals surface area contributed by atoms with Crippen molar-refractivity contribution >= 4 is 24.2 Å². The average Bonchev–Trinajstić information content (AvgIpc) is 2.72. The Morgan fingerprint density at radius 1 is 1.25 bits per heavy atom. The second kappa shape index (κ2) is 10.2. The van der Waals surface area contributed by atoms with Crippen LogP contribution in [0.1, 0.15) is 36.8 Å². The van der Waals surface area contributed by atoms with Crippen molar-refractivity contribution in [3.63, 3.8) is 0 Å². The maximum absolute atomic E-state index is 13.7. The Bertz CT molecular complexity index is 659. The van der Waals surface area contributed by atoms with Gasteiger partial charge in [-0.3, -0.25) is 9.59 Å². The van der Waals surface area contributed by atoms with Gasteiger partial charge in [0, 0.05) is 39.4 Å². The second-order valence-electron chi connectivity index (χ2n) is 7.73. The van der Waals surface area contributed by atoms with E-state index in [1.54, 1.807) is 0 Å². The van der Waals surface area contributed by atoms with Crippen LogP contribution in [0.3, 0.4) is 0 Å². The van der Waals surface area contributed by atoms with E-state index in [0.717, 1.165) is 18.4 Å². The van der Waals surface area contributed by atoms with Crippen LogP contribution in [-0.2, 0) is 19.7 Å². The molecule has 1 aromatic carbocycles. The molecule has 0 radical (unpaired) electrons. The molecule has 2 aliphatic heterocycles. The zero-order chi connectivity index (χ0) is 19.3. The first kappa shape index (κ1) is 22.7. The molecule has 1 atom stereocenters. The molecule has 0 aromatic heterocycles. The van der Waals surface area contributed by atoms with E-state index in [0.29, 0.717) is 52.2 Å². The molecule has 0 saturated carbocycles. The molecule has 2 heterocycles. The summed E-state index contributed by atoms with van der Waals surface area (Å²) in [6, 6.07) is 8.29. The molecule has 1 aromatic rings. The number of carbonyl (C=O) groups is 2. The van der Waals surface area contributed by atoms with Gasteiger partial charge in [0.05, 0.1) is 11.3 Å². The van der Waals surface area contributed by atoms with Crippen LogP contribution in [0.2, 0.25) is 0 Å². The predicted molar refractivity (Wildman–Crippen MR) is 112 cm³/mol. The summed E-state index contributed by atoms with van der Waals surface area (Å²) in [4.78, 5) is 27.9. The minimum Gasteiger partial charge on any atom is -0.381 e. The third kappa shape index (κ3) is 4.85. The zero-order valence-corrected chi connectivity index (χ0v) is 17.4. The van der Waals surface area contributed by atoms with Crippen molar-refractivity contribution in [2.75, 3.05) is 39.4 Å². The average molecular weight is 410 g/mol. The molecule has 6 nitrogen and oxygen atoms in total. The van der Waals surface area contributed by atoms with E-state index in [1.165, 1.54) is 5.56 Å². The minimum atomic E-state index is -0.540. The molecule has 3 rings (SSSR count). The fourth-order valence-electron chi connectivity index (χ4n) is 4.24. The number of hydrogen-bond acceptors (Lipinski definition) is 4. The lowest BCUT2D eigenvalue weighted by atomic mass is 9.72. The fourth-order valence-corrected chi connectivity index (χ4v) is 4.24. The number of carbonyl (C=O) groups excluding carboxylic acids is 2. The van der Waals surface area contributed by atoms with Gasteiger partial charge in [0.15, 0.2) is 0 Å². The van der Waals surface area contributed by atoms with Gasteiger partial charge in [0.25, 0.3) is 0 Å². The van der Waals surface area contributed by atoms with E-state index in [-0.39, 0.29) is 30.1 Å². The van der Waals surface area contributed by atoms with E-state index in [2.05, 4.69) is 36.5 Å². The van der Waals surface area contributed by atoms with Gasteiger partial charge in [0.2, 0.25) is 11.8 Å². The van der Waals surface area contributed by atoms with E-state index < -0.39 is 5.41 Å². The maximum Gasteiger partial charge on any atom is 0.233 e. The third-order valence-corrected chi connectivity index (χ3v) is 5.88. The van der Waals surface area contributed by atoms with E-state index in [9.17, 15) is 9.59 Å². The Morgan fingerprint density at radius 3 is 2.57 bits per heavy atom. The summed E-state index contributed by atoms with van der Waals surface area (Å²) in [6.07, 6.45) is 3.05. The number of nitrogens with one attached hydrogen (secondary N) is 1. The van der Waals surface area contributed by atoms with Gasteiger partial charge in [-0.05, 0) is 38.2 Å². The number of nitrogens with zero attached hydrogens (tertiary/aromatic N) is 1. The number of ether oxygens (including phenoxy) is 1. The number of hydrogen-bond donors (Lipinski definition) is 2. The van der Waals surface area contributed by atoms with Gasteiger partial charge in [0.1, 0.15) is 0 Å². The first-order valence-electron chi connectivity index (χ1n) is 9.99. The molecule has 2 aliphatic rings. The molecule has 156 valence electrons.